The van der Waals surface area contributed by atoms with E-state index >= 15 is 0 Å². The number of nitrogens with one attached hydrogen (secondary N) is 2. The molecule has 2 heterocycles. The molecule has 0 amide bonds. The number of aliphatic imine (C=N–C) groups is 1. The standard InChI is InChI=1S/C19H40N6.HI/c1-5-20-19(22-18-7-12-25(13-8-18)17(2)3)21-9-14-24-11-6-10-23(4)15-16-24;/h17-18H,5-16H2,1-4H3,(H2,20,21,22);1H. The zero-order valence-corrected chi connectivity index (χ0v) is 19.7. The van der Waals surface area contributed by atoms with Crippen molar-refractivity contribution in [3.05, 3.63) is 0 Å². The molecular weight excluding hydrogens is 439 g/mol. The molecule has 7 heteroatoms. The molecule has 0 saturated carbocycles. The van der Waals surface area contributed by atoms with Gasteiger partial charge >= 0.3 is 0 Å². The van der Waals surface area contributed by atoms with Gasteiger partial charge in [-0.1, -0.05) is 0 Å². The van der Waals surface area contributed by atoms with Crippen LogP contribution < -0.4 is 10.6 Å². The third-order valence-electron chi connectivity index (χ3n) is 5.44. The molecule has 0 aliphatic carbocycles. The number of halogens is 1. The van der Waals surface area contributed by atoms with Crippen molar-refractivity contribution in [1.29, 1.82) is 0 Å². The summed E-state index contributed by atoms with van der Waals surface area (Å²) in [6.45, 7) is 16.7. The van der Waals surface area contributed by atoms with E-state index < -0.39 is 0 Å². The van der Waals surface area contributed by atoms with Crippen LogP contribution in [0.25, 0.3) is 0 Å². The summed E-state index contributed by atoms with van der Waals surface area (Å²) in [5.41, 5.74) is 0. The zero-order valence-electron chi connectivity index (χ0n) is 17.3. The van der Waals surface area contributed by atoms with Crippen LogP contribution in [0, 0.1) is 0 Å². The molecule has 6 nitrogen and oxygen atoms in total. The van der Waals surface area contributed by atoms with Crippen LogP contribution in [-0.2, 0) is 0 Å². The van der Waals surface area contributed by atoms with Crippen molar-refractivity contribution in [2.75, 3.05) is 66.0 Å². The van der Waals surface area contributed by atoms with Crippen LogP contribution in [-0.4, -0.2) is 98.7 Å². The fourth-order valence-electron chi connectivity index (χ4n) is 3.70. The van der Waals surface area contributed by atoms with E-state index in [4.69, 9.17) is 4.99 Å². The summed E-state index contributed by atoms with van der Waals surface area (Å²) in [6, 6.07) is 1.22. The lowest BCUT2D eigenvalue weighted by Crippen LogP contribution is -2.50. The van der Waals surface area contributed by atoms with Crippen LogP contribution >= 0.6 is 24.0 Å². The maximum Gasteiger partial charge on any atom is 0.191 e. The summed E-state index contributed by atoms with van der Waals surface area (Å²) in [5, 5.41) is 7.08. The SMILES string of the molecule is CCNC(=NCCN1CCCN(C)CC1)NC1CCN(C(C)C)CC1.I. The molecule has 0 unspecified atom stereocenters. The summed E-state index contributed by atoms with van der Waals surface area (Å²) in [7, 11) is 2.22. The lowest BCUT2D eigenvalue weighted by atomic mass is 10.0. The van der Waals surface area contributed by atoms with Crippen molar-refractivity contribution >= 4 is 29.9 Å². The Balaban J connectivity index is 0.00000338. The number of hydrogen-bond acceptors (Lipinski definition) is 4. The maximum atomic E-state index is 4.83. The van der Waals surface area contributed by atoms with Gasteiger partial charge in [0.1, 0.15) is 0 Å². The highest BCUT2D eigenvalue weighted by molar-refractivity contribution is 14.0. The Morgan fingerprint density at radius 3 is 2.46 bits per heavy atom. The Kier molecular flexibility index (Phi) is 12.1. The fraction of sp³-hybridized carbons (Fsp3) is 0.947. The molecule has 2 aliphatic heterocycles. The largest absolute Gasteiger partial charge is 0.357 e. The first-order valence-corrected chi connectivity index (χ1v) is 10.3. The Hall–Kier alpha value is -0.120. The van der Waals surface area contributed by atoms with E-state index in [0.717, 1.165) is 25.6 Å². The van der Waals surface area contributed by atoms with Crippen LogP contribution in [0.2, 0.25) is 0 Å². The van der Waals surface area contributed by atoms with E-state index in [-0.39, 0.29) is 24.0 Å². The summed E-state index contributed by atoms with van der Waals surface area (Å²) in [6.07, 6.45) is 3.69. The minimum Gasteiger partial charge on any atom is -0.357 e. The number of likely N-dealkylation sites (N-methyl/N-ethyl adjacent to an activating group) is 1. The summed E-state index contributed by atoms with van der Waals surface area (Å²) < 4.78 is 0. The van der Waals surface area contributed by atoms with Gasteiger partial charge in [0.2, 0.25) is 0 Å². The van der Waals surface area contributed by atoms with Crippen molar-refractivity contribution in [2.45, 2.75) is 52.1 Å². The van der Waals surface area contributed by atoms with Gasteiger partial charge in [0.25, 0.3) is 0 Å². The van der Waals surface area contributed by atoms with Crippen LogP contribution in [0.1, 0.15) is 40.0 Å². The average Bonchev–Trinajstić information content (AvgIpc) is 2.80. The lowest BCUT2D eigenvalue weighted by molar-refractivity contribution is 0.167. The first kappa shape index (κ1) is 23.9. The molecule has 0 spiro atoms. The Morgan fingerprint density at radius 1 is 1.08 bits per heavy atom. The van der Waals surface area contributed by atoms with E-state index in [9.17, 15) is 0 Å². The third-order valence-corrected chi connectivity index (χ3v) is 5.44. The molecule has 154 valence electrons. The maximum absolute atomic E-state index is 4.83. The highest BCUT2D eigenvalue weighted by Crippen LogP contribution is 2.12. The molecule has 2 N–H and O–H groups in total. The lowest BCUT2D eigenvalue weighted by Gasteiger charge is -2.35. The van der Waals surface area contributed by atoms with Gasteiger partial charge in [0.15, 0.2) is 5.96 Å². The Labute approximate surface area is 178 Å². The Bertz CT molecular complexity index is 395. The monoisotopic (exact) mass is 480 g/mol. The summed E-state index contributed by atoms with van der Waals surface area (Å²) >= 11 is 0. The molecule has 0 aromatic heterocycles. The minimum atomic E-state index is 0. The van der Waals surface area contributed by atoms with Gasteiger partial charge in [-0.15, -0.1) is 24.0 Å². The molecule has 26 heavy (non-hydrogen) atoms. The molecule has 0 aromatic carbocycles. The van der Waals surface area contributed by atoms with Crippen molar-refractivity contribution in [3.8, 4) is 0 Å². The van der Waals surface area contributed by atoms with E-state index in [1.54, 1.807) is 0 Å². The molecule has 0 bridgehead atoms. The van der Waals surface area contributed by atoms with E-state index in [2.05, 4.69) is 53.2 Å². The topological polar surface area (TPSA) is 46.1 Å². The Morgan fingerprint density at radius 2 is 1.81 bits per heavy atom. The van der Waals surface area contributed by atoms with Gasteiger partial charge < -0.3 is 25.3 Å². The molecule has 2 saturated heterocycles. The number of likely N-dealkylation sites (tertiary alicyclic amines) is 1. The van der Waals surface area contributed by atoms with Gasteiger partial charge in [-0.3, -0.25) is 4.99 Å². The van der Waals surface area contributed by atoms with Crippen molar-refractivity contribution in [2.24, 2.45) is 4.99 Å². The van der Waals surface area contributed by atoms with Gasteiger partial charge in [-0.25, -0.2) is 0 Å². The zero-order chi connectivity index (χ0) is 18.1. The molecule has 0 atom stereocenters. The molecule has 2 fully saturated rings. The molecule has 2 rings (SSSR count). The second-order valence-corrected chi connectivity index (χ2v) is 7.81. The number of nitrogens with zero attached hydrogens (tertiary/aromatic N) is 4. The molecule has 0 aromatic rings. The van der Waals surface area contributed by atoms with Gasteiger partial charge in [-0.2, -0.15) is 0 Å². The van der Waals surface area contributed by atoms with E-state index in [1.165, 1.54) is 58.5 Å². The molecule has 0 radical (unpaired) electrons. The number of guanidine groups is 1. The summed E-state index contributed by atoms with van der Waals surface area (Å²) in [5.74, 6) is 0.998. The van der Waals surface area contributed by atoms with Gasteiger partial charge in [0.05, 0.1) is 6.54 Å². The van der Waals surface area contributed by atoms with Crippen LogP contribution in [0.15, 0.2) is 4.99 Å². The van der Waals surface area contributed by atoms with Crippen LogP contribution in [0.3, 0.4) is 0 Å². The van der Waals surface area contributed by atoms with Gasteiger partial charge in [0, 0.05) is 51.4 Å². The first-order valence-electron chi connectivity index (χ1n) is 10.3. The molecule has 2 aliphatic rings. The minimum absolute atomic E-state index is 0. The van der Waals surface area contributed by atoms with Crippen LogP contribution in [0.5, 0.6) is 0 Å². The summed E-state index contributed by atoms with van der Waals surface area (Å²) in [4.78, 5) is 12.4. The third kappa shape index (κ3) is 8.71. The highest BCUT2D eigenvalue weighted by atomic mass is 127. The smallest absolute Gasteiger partial charge is 0.191 e. The van der Waals surface area contributed by atoms with Crippen molar-refractivity contribution < 1.29 is 0 Å². The molecular formula is C19H41IN6. The average molecular weight is 480 g/mol. The van der Waals surface area contributed by atoms with Crippen LogP contribution in [0.4, 0.5) is 0 Å². The quantitative estimate of drug-likeness (QED) is 0.344. The fourth-order valence-corrected chi connectivity index (χ4v) is 3.70. The highest BCUT2D eigenvalue weighted by Gasteiger charge is 2.21. The normalized spacial score (nSPS) is 22.1. The second-order valence-electron chi connectivity index (χ2n) is 7.81. The van der Waals surface area contributed by atoms with Crippen molar-refractivity contribution in [1.82, 2.24) is 25.3 Å². The number of rotatable bonds is 6. The number of hydrogen-bond donors (Lipinski definition) is 2. The first-order chi connectivity index (χ1) is 12.1. The van der Waals surface area contributed by atoms with Crippen molar-refractivity contribution in [3.63, 3.8) is 0 Å². The number of piperidine rings is 1. The predicted molar refractivity (Wildman–Crippen MR) is 123 cm³/mol. The van der Waals surface area contributed by atoms with Gasteiger partial charge in [-0.05, 0) is 60.2 Å². The van der Waals surface area contributed by atoms with E-state index in [0.29, 0.717) is 12.1 Å². The van der Waals surface area contributed by atoms with E-state index in [1.807, 2.05) is 0 Å². The predicted octanol–water partition coefficient (Wildman–Crippen LogP) is 1.67. The second kappa shape index (κ2) is 13.1.